The molecule has 2 aromatic carbocycles. The van der Waals surface area contributed by atoms with Gasteiger partial charge >= 0.3 is 6.09 Å². The molecule has 2 aromatic rings. The van der Waals surface area contributed by atoms with Crippen LogP contribution in [-0.4, -0.2) is 71.4 Å². The van der Waals surface area contributed by atoms with E-state index in [1.54, 1.807) is 19.2 Å². The van der Waals surface area contributed by atoms with Crippen LogP contribution in [0.1, 0.15) is 25.0 Å². The lowest BCUT2D eigenvalue weighted by Gasteiger charge is -2.29. The van der Waals surface area contributed by atoms with Crippen LogP contribution >= 0.6 is 11.8 Å². The number of amides is 3. The molecule has 9 nitrogen and oxygen atoms in total. The van der Waals surface area contributed by atoms with Crippen molar-refractivity contribution >= 4 is 29.7 Å². The molecular formula is C28H35N3O6S. The first kappa shape index (κ1) is 30.5. The molecule has 3 N–H and O–H groups in total. The summed E-state index contributed by atoms with van der Waals surface area (Å²) in [5.74, 6) is 1.97. The van der Waals surface area contributed by atoms with Crippen LogP contribution in [0, 0.1) is 12.3 Å². The third kappa shape index (κ3) is 10.7. The number of nitrogens with one attached hydrogen (secondary N) is 2. The third-order valence-corrected chi connectivity index (χ3v) is 6.48. The summed E-state index contributed by atoms with van der Waals surface area (Å²) >= 11 is 1.45. The summed E-state index contributed by atoms with van der Waals surface area (Å²) in [5.41, 5.74) is 1.63. The first-order valence-electron chi connectivity index (χ1n) is 12.1. The molecule has 0 aromatic heterocycles. The molecule has 0 saturated heterocycles. The van der Waals surface area contributed by atoms with Crippen LogP contribution in [0.25, 0.3) is 0 Å². The van der Waals surface area contributed by atoms with Crippen LogP contribution in [0.2, 0.25) is 0 Å². The average molecular weight is 542 g/mol. The predicted molar refractivity (Wildman–Crippen MR) is 147 cm³/mol. The van der Waals surface area contributed by atoms with Crippen LogP contribution in [0.5, 0.6) is 5.75 Å². The van der Waals surface area contributed by atoms with Gasteiger partial charge in [0.2, 0.25) is 5.91 Å². The van der Waals surface area contributed by atoms with E-state index in [9.17, 15) is 19.5 Å². The molecule has 0 radical (unpaired) electrons. The summed E-state index contributed by atoms with van der Waals surface area (Å²) in [6, 6.07) is 15.4. The number of alkyl carbamates (subject to hydrolysis) is 1. The van der Waals surface area contributed by atoms with E-state index >= 15 is 0 Å². The van der Waals surface area contributed by atoms with Crippen molar-refractivity contribution in [2.24, 2.45) is 0 Å². The lowest BCUT2D eigenvalue weighted by atomic mass is 10.0. The summed E-state index contributed by atoms with van der Waals surface area (Å²) in [6.07, 6.45) is 2.82. The fraction of sp³-hybridized carbons (Fsp3) is 0.393. The Balaban J connectivity index is 2.14. The zero-order valence-electron chi connectivity index (χ0n) is 21.9. The number of hydrogen-bond donors (Lipinski definition) is 3. The molecule has 0 aliphatic carbocycles. The SMILES string of the molecule is C#CCOC(=O)N[C@@H](Cc1ccccc1)[C@H](O)C(=O)N(CSC(C)C)CC(=O)NCc1cccc(OC)c1. The van der Waals surface area contributed by atoms with Crippen molar-refractivity contribution in [1.82, 2.24) is 15.5 Å². The molecule has 2 rings (SSSR count). The number of benzene rings is 2. The number of aliphatic hydroxyl groups is 1. The molecule has 0 aliphatic rings. The van der Waals surface area contributed by atoms with E-state index in [4.69, 9.17) is 15.9 Å². The van der Waals surface area contributed by atoms with E-state index in [-0.39, 0.29) is 37.2 Å². The number of hydrogen-bond acceptors (Lipinski definition) is 7. The van der Waals surface area contributed by atoms with Crippen molar-refractivity contribution in [2.45, 2.75) is 44.2 Å². The third-order valence-electron chi connectivity index (χ3n) is 5.36. The normalized spacial score (nSPS) is 12.1. The zero-order chi connectivity index (χ0) is 27.9. The van der Waals surface area contributed by atoms with Gasteiger partial charge in [-0.1, -0.05) is 62.2 Å². The number of carbonyl (C=O) groups excluding carboxylic acids is 3. The van der Waals surface area contributed by atoms with Gasteiger partial charge < -0.3 is 30.1 Å². The Morgan fingerprint density at radius 3 is 2.47 bits per heavy atom. The van der Waals surface area contributed by atoms with Gasteiger partial charge in [-0.3, -0.25) is 9.59 Å². The van der Waals surface area contributed by atoms with Crippen molar-refractivity contribution in [3.05, 3.63) is 65.7 Å². The predicted octanol–water partition coefficient (Wildman–Crippen LogP) is 2.57. The highest BCUT2D eigenvalue weighted by atomic mass is 32.2. The molecule has 0 unspecified atom stereocenters. The maximum atomic E-state index is 13.4. The monoisotopic (exact) mass is 541 g/mol. The van der Waals surface area contributed by atoms with Crippen LogP contribution in [0.4, 0.5) is 4.79 Å². The fourth-order valence-corrected chi connectivity index (χ4v) is 4.10. The first-order chi connectivity index (χ1) is 18.2. The number of aliphatic hydroxyl groups excluding tert-OH is 1. The Morgan fingerprint density at radius 2 is 1.82 bits per heavy atom. The van der Waals surface area contributed by atoms with Crippen molar-refractivity contribution in [3.8, 4) is 18.1 Å². The van der Waals surface area contributed by atoms with Gasteiger partial charge in [0, 0.05) is 11.8 Å². The minimum atomic E-state index is -1.63. The lowest BCUT2D eigenvalue weighted by Crippen LogP contribution is -2.54. The molecule has 0 bridgehead atoms. The number of carbonyl (C=O) groups is 3. The van der Waals surface area contributed by atoms with Crippen LogP contribution in [0.3, 0.4) is 0 Å². The molecule has 2 atom stereocenters. The van der Waals surface area contributed by atoms with Gasteiger partial charge in [0.1, 0.15) is 12.3 Å². The van der Waals surface area contributed by atoms with Crippen LogP contribution < -0.4 is 15.4 Å². The van der Waals surface area contributed by atoms with E-state index in [1.165, 1.54) is 16.7 Å². The molecule has 0 heterocycles. The number of rotatable bonds is 14. The van der Waals surface area contributed by atoms with E-state index in [2.05, 4.69) is 16.6 Å². The summed E-state index contributed by atoms with van der Waals surface area (Å²) in [6.45, 7) is 3.66. The van der Waals surface area contributed by atoms with Crippen molar-refractivity contribution < 1.29 is 29.0 Å². The smallest absolute Gasteiger partial charge is 0.408 e. The highest BCUT2D eigenvalue weighted by Gasteiger charge is 2.32. The van der Waals surface area contributed by atoms with Gasteiger partial charge in [0.15, 0.2) is 12.7 Å². The molecule has 0 aliphatic heterocycles. The van der Waals surface area contributed by atoms with Gasteiger partial charge in [0.05, 0.1) is 19.0 Å². The molecule has 10 heteroatoms. The Bertz CT molecular complexity index is 1090. The van der Waals surface area contributed by atoms with E-state index in [0.29, 0.717) is 5.75 Å². The van der Waals surface area contributed by atoms with Gasteiger partial charge in [0.25, 0.3) is 5.91 Å². The summed E-state index contributed by atoms with van der Waals surface area (Å²) in [7, 11) is 1.56. The van der Waals surface area contributed by atoms with E-state index in [1.807, 2.05) is 56.3 Å². The van der Waals surface area contributed by atoms with Gasteiger partial charge in [-0.25, -0.2) is 4.79 Å². The molecular weight excluding hydrogens is 506 g/mol. The van der Waals surface area contributed by atoms with Crippen LogP contribution in [-0.2, 0) is 27.3 Å². The zero-order valence-corrected chi connectivity index (χ0v) is 22.7. The number of nitrogens with zero attached hydrogens (tertiary/aromatic N) is 1. The Labute approximate surface area is 228 Å². The maximum Gasteiger partial charge on any atom is 0.408 e. The topological polar surface area (TPSA) is 117 Å². The van der Waals surface area contributed by atoms with Crippen molar-refractivity contribution in [2.75, 3.05) is 26.1 Å². The highest BCUT2D eigenvalue weighted by molar-refractivity contribution is 7.99. The summed E-state index contributed by atoms with van der Waals surface area (Å²) < 4.78 is 10.1. The maximum absolute atomic E-state index is 13.4. The Hall–Kier alpha value is -3.68. The quantitative estimate of drug-likeness (QED) is 0.249. The van der Waals surface area contributed by atoms with Gasteiger partial charge in [-0.2, -0.15) is 0 Å². The highest BCUT2D eigenvalue weighted by Crippen LogP contribution is 2.16. The Kier molecular flexibility index (Phi) is 13.0. The standard InChI is InChI=1S/C28H35N3O6S/c1-5-14-37-28(35)30-24(16-21-10-7-6-8-11-21)26(33)27(34)31(19-38-20(2)3)18-25(32)29-17-22-12-9-13-23(15-22)36-4/h1,6-13,15,20,24,26,33H,14,16-19H2,2-4H3,(H,29,32)(H,30,35)/t24-,26-/m0/s1. The average Bonchev–Trinajstić information content (AvgIpc) is 2.92. The number of terminal acetylenes is 1. The molecule has 0 fully saturated rings. The van der Waals surface area contributed by atoms with Crippen molar-refractivity contribution in [1.29, 1.82) is 0 Å². The van der Waals surface area contributed by atoms with Gasteiger partial charge in [-0.15, -0.1) is 18.2 Å². The number of thioether (sulfide) groups is 1. The fourth-order valence-electron chi connectivity index (χ4n) is 3.41. The molecule has 204 valence electrons. The summed E-state index contributed by atoms with van der Waals surface area (Å²) in [5, 5.41) is 16.6. The van der Waals surface area contributed by atoms with E-state index in [0.717, 1.165) is 11.1 Å². The largest absolute Gasteiger partial charge is 0.497 e. The van der Waals surface area contributed by atoms with Gasteiger partial charge in [-0.05, 0) is 29.7 Å². The second-order valence-corrected chi connectivity index (χ2v) is 10.2. The summed E-state index contributed by atoms with van der Waals surface area (Å²) in [4.78, 5) is 39.7. The molecule has 0 saturated carbocycles. The lowest BCUT2D eigenvalue weighted by molar-refractivity contribution is -0.143. The van der Waals surface area contributed by atoms with Crippen LogP contribution in [0.15, 0.2) is 54.6 Å². The second kappa shape index (κ2) is 16.2. The first-order valence-corrected chi connectivity index (χ1v) is 13.2. The van der Waals surface area contributed by atoms with E-state index < -0.39 is 30.1 Å². The Morgan fingerprint density at radius 1 is 1.11 bits per heavy atom. The number of methoxy groups -OCH3 is 1. The molecule has 3 amide bonds. The molecule has 0 spiro atoms. The van der Waals surface area contributed by atoms with Crippen molar-refractivity contribution in [3.63, 3.8) is 0 Å². The second-order valence-electron chi connectivity index (χ2n) is 8.67. The minimum absolute atomic E-state index is 0.159. The molecule has 38 heavy (non-hydrogen) atoms. The minimum Gasteiger partial charge on any atom is -0.497 e. The number of ether oxygens (including phenoxy) is 2.